The van der Waals surface area contributed by atoms with Gasteiger partial charge in [0.1, 0.15) is 0 Å². The highest BCUT2D eigenvalue weighted by Gasteiger charge is 2.38. The Bertz CT molecular complexity index is 494. The third-order valence-corrected chi connectivity index (χ3v) is 9.88. The van der Waals surface area contributed by atoms with Gasteiger partial charge < -0.3 is 14.3 Å². The van der Waals surface area contributed by atoms with Crippen LogP contribution in [0.3, 0.4) is 0 Å². The minimum atomic E-state index is -1.80. The van der Waals surface area contributed by atoms with Gasteiger partial charge in [-0.05, 0) is 29.6 Å². The van der Waals surface area contributed by atoms with Gasteiger partial charge in [-0.25, -0.2) is 0 Å². The van der Waals surface area contributed by atoms with Crippen molar-refractivity contribution in [2.24, 2.45) is 11.8 Å². The maximum atomic E-state index is 10.8. The molecule has 1 aromatic rings. The van der Waals surface area contributed by atoms with Crippen LogP contribution < -0.4 is 0 Å². The summed E-state index contributed by atoms with van der Waals surface area (Å²) >= 11 is 0. The molecule has 0 aromatic heterocycles. The fourth-order valence-corrected chi connectivity index (χ4v) is 3.54. The lowest BCUT2D eigenvalue weighted by atomic mass is 9.93. The van der Waals surface area contributed by atoms with E-state index in [-0.39, 0.29) is 23.0 Å². The van der Waals surface area contributed by atoms with Crippen LogP contribution in [0.2, 0.25) is 18.1 Å². The second-order valence-corrected chi connectivity index (χ2v) is 13.9. The summed E-state index contributed by atoms with van der Waals surface area (Å²) in [7, 11) is -1.80. The topological polar surface area (TPSA) is 38.7 Å². The number of rotatable bonds is 9. The van der Waals surface area contributed by atoms with Crippen LogP contribution in [0.25, 0.3) is 0 Å². The fraction of sp³-hybridized carbons (Fsp3) is 0.714. The van der Waals surface area contributed by atoms with Crippen molar-refractivity contribution in [2.45, 2.75) is 78.5 Å². The van der Waals surface area contributed by atoms with E-state index in [0.717, 1.165) is 5.56 Å². The lowest BCUT2D eigenvalue weighted by molar-refractivity contribution is -0.0936. The van der Waals surface area contributed by atoms with Crippen LogP contribution in [0.15, 0.2) is 30.3 Å². The average molecular weight is 367 g/mol. The van der Waals surface area contributed by atoms with E-state index >= 15 is 0 Å². The summed E-state index contributed by atoms with van der Waals surface area (Å²) in [5, 5.41) is 11.0. The van der Waals surface area contributed by atoms with Crippen LogP contribution >= 0.6 is 0 Å². The van der Waals surface area contributed by atoms with Crippen molar-refractivity contribution in [3.8, 4) is 0 Å². The molecule has 0 unspecified atom stereocenters. The van der Waals surface area contributed by atoms with E-state index < -0.39 is 14.4 Å². The predicted octanol–water partition coefficient (Wildman–Crippen LogP) is 5.25. The molecule has 0 fully saturated rings. The molecule has 144 valence electrons. The summed E-state index contributed by atoms with van der Waals surface area (Å²) in [4.78, 5) is 0. The first-order chi connectivity index (χ1) is 11.5. The van der Waals surface area contributed by atoms with Crippen molar-refractivity contribution in [2.75, 3.05) is 6.61 Å². The summed E-state index contributed by atoms with van der Waals surface area (Å²) in [5.41, 5.74) is 1.13. The Kier molecular flexibility index (Phi) is 8.33. The number of hydrogen-bond acceptors (Lipinski definition) is 3. The highest BCUT2D eigenvalue weighted by Crippen LogP contribution is 2.37. The summed E-state index contributed by atoms with van der Waals surface area (Å²) in [6.45, 7) is 18.6. The Morgan fingerprint density at radius 3 is 2.08 bits per heavy atom. The third-order valence-electron chi connectivity index (χ3n) is 5.38. The van der Waals surface area contributed by atoms with Gasteiger partial charge in [0.2, 0.25) is 0 Å². The van der Waals surface area contributed by atoms with Crippen LogP contribution in [-0.2, 0) is 15.8 Å². The van der Waals surface area contributed by atoms with E-state index in [1.165, 1.54) is 0 Å². The van der Waals surface area contributed by atoms with E-state index in [1.807, 2.05) is 30.3 Å². The van der Waals surface area contributed by atoms with Crippen molar-refractivity contribution in [3.63, 3.8) is 0 Å². The Morgan fingerprint density at radius 2 is 1.60 bits per heavy atom. The molecule has 1 rings (SSSR count). The zero-order chi connectivity index (χ0) is 19.3. The Labute approximate surface area is 155 Å². The molecule has 0 aliphatic rings. The summed E-state index contributed by atoms with van der Waals surface area (Å²) in [6.07, 6.45) is -0.730. The van der Waals surface area contributed by atoms with Gasteiger partial charge in [-0.3, -0.25) is 0 Å². The normalized spacial score (nSPS) is 16.7. The van der Waals surface area contributed by atoms with E-state index in [9.17, 15) is 5.11 Å². The summed E-state index contributed by atoms with van der Waals surface area (Å²) in [5.74, 6) is 0.284. The second kappa shape index (κ2) is 9.31. The largest absolute Gasteiger partial charge is 0.416 e. The molecular formula is C21H38O3Si. The smallest absolute Gasteiger partial charge is 0.191 e. The molecule has 0 aliphatic heterocycles. The number of aliphatic hydroxyl groups is 1. The fourth-order valence-electron chi connectivity index (χ4n) is 2.43. The maximum absolute atomic E-state index is 10.8. The van der Waals surface area contributed by atoms with Gasteiger partial charge >= 0.3 is 0 Å². The Balaban J connectivity index is 2.63. The monoisotopic (exact) mass is 366 g/mol. The Hall–Kier alpha value is -0.683. The number of benzene rings is 1. The SMILES string of the molecule is CC(C)[C@H](OCc1ccccc1)[C@H](O)[C@H](C)CO[Si](C)(C)C(C)(C)C. The maximum Gasteiger partial charge on any atom is 0.191 e. The van der Waals surface area contributed by atoms with Crippen molar-refractivity contribution >= 4 is 8.32 Å². The first-order valence-corrected chi connectivity index (χ1v) is 12.3. The standard InChI is InChI=1S/C21H38O3Si/c1-16(2)20(23-15-18-12-10-9-11-13-18)19(22)17(3)14-24-25(7,8)21(4,5)6/h9-13,16-17,19-20,22H,14-15H2,1-8H3/t17-,19-,20+/m1/s1. The molecule has 25 heavy (non-hydrogen) atoms. The van der Waals surface area contributed by atoms with Gasteiger partial charge in [0.05, 0.1) is 18.8 Å². The van der Waals surface area contributed by atoms with E-state index in [2.05, 4.69) is 54.6 Å². The average Bonchev–Trinajstić information content (AvgIpc) is 2.52. The molecule has 0 heterocycles. The highest BCUT2D eigenvalue weighted by molar-refractivity contribution is 6.74. The molecule has 1 aromatic carbocycles. The van der Waals surface area contributed by atoms with Gasteiger partial charge in [0.25, 0.3) is 0 Å². The van der Waals surface area contributed by atoms with E-state index in [0.29, 0.717) is 13.2 Å². The number of hydrogen-bond donors (Lipinski definition) is 1. The van der Waals surface area contributed by atoms with Crippen molar-refractivity contribution < 1.29 is 14.3 Å². The lowest BCUT2D eigenvalue weighted by Gasteiger charge is -2.38. The van der Waals surface area contributed by atoms with Crippen LogP contribution in [0.4, 0.5) is 0 Å². The minimum absolute atomic E-state index is 0.0392. The molecule has 0 aliphatic carbocycles. The molecule has 0 spiro atoms. The van der Waals surface area contributed by atoms with Crippen LogP contribution in [-0.4, -0.2) is 32.2 Å². The first-order valence-electron chi connectivity index (χ1n) is 9.43. The first kappa shape index (κ1) is 22.4. The molecule has 0 bridgehead atoms. The molecular weight excluding hydrogens is 328 g/mol. The lowest BCUT2D eigenvalue weighted by Crippen LogP contribution is -2.45. The molecule has 0 saturated carbocycles. The quantitative estimate of drug-likeness (QED) is 0.607. The zero-order valence-electron chi connectivity index (χ0n) is 17.4. The zero-order valence-corrected chi connectivity index (χ0v) is 18.4. The van der Waals surface area contributed by atoms with Crippen LogP contribution in [0.1, 0.15) is 47.1 Å². The van der Waals surface area contributed by atoms with Crippen molar-refractivity contribution in [3.05, 3.63) is 35.9 Å². The second-order valence-electron chi connectivity index (χ2n) is 9.04. The van der Waals surface area contributed by atoms with E-state index in [4.69, 9.17) is 9.16 Å². The molecule has 3 nitrogen and oxygen atoms in total. The van der Waals surface area contributed by atoms with Gasteiger partial charge in [0.15, 0.2) is 8.32 Å². The van der Waals surface area contributed by atoms with Gasteiger partial charge in [0, 0.05) is 12.5 Å². The summed E-state index contributed by atoms with van der Waals surface area (Å²) in [6, 6.07) is 10.1. The predicted molar refractivity (Wildman–Crippen MR) is 108 cm³/mol. The molecule has 1 N–H and O–H groups in total. The van der Waals surface area contributed by atoms with Gasteiger partial charge in [-0.2, -0.15) is 0 Å². The van der Waals surface area contributed by atoms with Crippen LogP contribution in [0, 0.1) is 11.8 Å². The molecule has 0 radical (unpaired) electrons. The molecule has 4 heteroatoms. The summed E-state index contributed by atoms with van der Waals surface area (Å²) < 4.78 is 12.4. The Morgan fingerprint density at radius 1 is 1.04 bits per heavy atom. The number of ether oxygens (including phenoxy) is 1. The van der Waals surface area contributed by atoms with Crippen LogP contribution in [0.5, 0.6) is 0 Å². The highest BCUT2D eigenvalue weighted by atomic mass is 28.4. The minimum Gasteiger partial charge on any atom is -0.416 e. The molecule has 0 saturated heterocycles. The molecule has 0 amide bonds. The van der Waals surface area contributed by atoms with Crippen molar-refractivity contribution in [1.82, 2.24) is 0 Å². The number of aliphatic hydroxyl groups excluding tert-OH is 1. The van der Waals surface area contributed by atoms with Gasteiger partial charge in [-0.15, -0.1) is 0 Å². The van der Waals surface area contributed by atoms with Gasteiger partial charge in [-0.1, -0.05) is 71.9 Å². The third kappa shape index (κ3) is 6.85. The van der Waals surface area contributed by atoms with E-state index in [1.54, 1.807) is 0 Å². The molecule has 3 atom stereocenters. The van der Waals surface area contributed by atoms with Crippen molar-refractivity contribution in [1.29, 1.82) is 0 Å².